The van der Waals surface area contributed by atoms with Crippen molar-refractivity contribution >= 4 is 28.7 Å². The minimum Gasteiger partial charge on any atom is -0.494 e. The maximum absolute atomic E-state index is 13.2. The maximum atomic E-state index is 13.2. The Labute approximate surface area is 172 Å². The van der Waals surface area contributed by atoms with Crippen molar-refractivity contribution in [2.45, 2.75) is 13.8 Å². The van der Waals surface area contributed by atoms with E-state index in [1.54, 1.807) is 31.2 Å². The van der Waals surface area contributed by atoms with Gasteiger partial charge in [-0.15, -0.1) is 0 Å². The van der Waals surface area contributed by atoms with Gasteiger partial charge >= 0.3 is 0 Å². The standard InChI is InChI=1S/C22H21N5O3/c1-3-30-17-11-9-16(10-12-17)25-22(29)19-20(24-15-7-5-4-6-8-15)26-27-18(28)13-14(2)23-21(19)27/h4-13,24,26H,3H2,1-2H3,(H,25,29). The van der Waals surface area contributed by atoms with Crippen LogP contribution in [0.4, 0.5) is 17.2 Å². The summed E-state index contributed by atoms with van der Waals surface area (Å²) in [4.78, 5) is 30.0. The first-order valence-corrected chi connectivity index (χ1v) is 9.54. The minimum absolute atomic E-state index is 0.244. The first-order chi connectivity index (χ1) is 14.5. The van der Waals surface area contributed by atoms with Crippen LogP contribution < -0.4 is 20.9 Å². The van der Waals surface area contributed by atoms with Crippen LogP contribution in [0.1, 0.15) is 23.0 Å². The van der Waals surface area contributed by atoms with Gasteiger partial charge in [-0.05, 0) is 50.2 Å². The molecule has 30 heavy (non-hydrogen) atoms. The van der Waals surface area contributed by atoms with Crippen molar-refractivity contribution in [2.75, 3.05) is 17.2 Å². The summed E-state index contributed by atoms with van der Waals surface area (Å²) in [7, 11) is 0. The number of anilines is 3. The van der Waals surface area contributed by atoms with Gasteiger partial charge in [0.2, 0.25) is 0 Å². The van der Waals surface area contributed by atoms with Crippen LogP contribution in [0.3, 0.4) is 0 Å². The second kappa shape index (κ2) is 8.12. The molecule has 0 unspecified atom stereocenters. The molecule has 8 heteroatoms. The monoisotopic (exact) mass is 403 g/mol. The van der Waals surface area contributed by atoms with Crippen molar-refractivity contribution in [3.8, 4) is 5.75 Å². The molecule has 2 heterocycles. The average Bonchev–Trinajstić information content (AvgIpc) is 3.08. The Bertz CT molecular complexity index is 1240. The van der Waals surface area contributed by atoms with Gasteiger partial charge in [0.15, 0.2) is 5.65 Å². The van der Waals surface area contributed by atoms with E-state index in [9.17, 15) is 9.59 Å². The number of carbonyl (C=O) groups excluding carboxylic acids is 1. The van der Waals surface area contributed by atoms with Crippen LogP contribution in [0.2, 0.25) is 0 Å². The number of para-hydroxylation sites is 1. The third kappa shape index (κ3) is 3.88. The van der Waals surface area contributed by atoms with E-state index in [2.05, 4.69) is 20.7 Å². The maximum Gasteiger partial charge on any atom is 0.272 e. The Hall–Kier alpha value is -4.07. The second-order valence-corrected chi connectivity index (χ2v) is 6.66. The molecule has 0 saturated heterocycles. The van der Waals surface area contributed by atoms with E-state index >= 15 is 0 Å². The number of nitrogens with one attached hydrogen (secondary N) is 3. The highest BCUT2D eigenvalue weighted by atomic mass is 16.5. The van der Waals surface area contributed by atoms with E-state index in [4.69, 9.17) is 4.74 Å². The number of aromatic nitrogens is 3. The molecule has 8 nitrogen and oxygen atoms in total. The largest absolute Gasteiger partial charge is 0.494 e. The lowest BCUT2D eigenvalue weighted by Gasteiger charge is -2.09. The van der Waals surface area contributed by atoms with Crippen LogP contribution in [-0.2, 0) is 0 Å². The van der Waals surface area contributed by atoms with Crippen molar-refractivity contribution in [1.82, 2.24) is 14.6 Å². The lowest BCUT2D eigenvalue weighted by Crippen LogP contribution is -2.17. The van der Waals surface area contributed by atoms with Gasteiger partial charge in [0.25, 0.3) is 11.5 Å². The van der Waals surface area contributed by atoms with Crippen LogP contribution in [0.5, 0.6) is 5.75 Å². The number of hydrogen-bond acceptors (Lipinski definition) is 5. The smallest absolute Gasteiger partial charge is 0.272 e. The molecular formula is C22H21N5O3. The van der Waals surface area contributed by atoms with E-state index in [1.165, 1.54) is 10.6 Å². The van der Waals surface area contributed by atoms with E-state index in [-0.39, 0.29) is 16.8 Å². The molecule has 0 bridgehead atoms. The predicted molar refractivity (Wildman–Crippen MR) is 116 cm³/mol. The highest BCUT2D eigenvalue weighted by molar-refractivity contribution is 6.12. The third-order valence-electron chi connectivity index (χ3n) is 4.44. The summed E-state index contributed by atoms with van der Waals surface area (Å²) in [6.07, 6.45) is 0. The summed E-state index contributed by atoms with van der Waals surface area (Å²) >= 11 is 0. The highest BCUT2D eigenvalue weighted by Crippen LogP contribution is 2.24. The number of nitrogens with zero attached hydrogens (tertiary/aromatic N) is 2. The van der Waals surface area contributed by atoms with Crippen LogP contribution in [-0.4, -0.2) is 27.1 Å². The molecule has 2 aromatic heterocycles. The number of amides is 1. The number of carbonyl (C=O) groups is 1. The van der Waals surface area contributed by atoms with Gasteiger partial charge in [-0.3, -0.25) is 14.7 Å². The number of rotatable bonds is 6. The van der Waals surface area contributed by atoms with Gasteiger partial charge in [0, 0.05) is 23.1 Å². The molecule has 0 spiro atoms. The number of H-pyrrole nitrogens is 1. The van der Waals surface area contributed by atoms with Gasteiger partial charge in [-0.25, -0.2) is 4.98 Å². The van der Waals surface area contributed by atoms with E-state index in [1.807, 2.05) is 37.3 Å². The topological polar surface area (TPSA) is 101 Å². The van der Waals surface area contributed by atoms with Crippen molar-refractivity contribution in [3.05, 3.63) is 82.3 Å². The first kappa shape index (κ1) is 19.3. The van der Waals surface area contributed by atoms with Gasteiger partial charge in [0.1, 0.15) is 17.1 Å². The number of aryl methyl sites for hydroxylation is 1. The van der Waals surface area contributed by atoms with Crippen LogP contribution in [0.15, 0.2) is 65.5 Å². The fraction of sp³-hybridized carbons (Fsp3) is 0.136. The summed E-state index contributed by atoms with van der Waals surface area (Å²) < 4.78 is 6.69. The number of hydrogen-bond donors (Lipinski definition) is 3. The third-order valence-corrected chi connectivity index (χ3v) is 4.44. The summed E-state index contributed by atoms with van der Waals surface area (Å²) in [5.41, 5.74) is 2.09. The number of ether oxygens (including phenoxy) is 1. The fourth-order valence-electron chi connectivity index (χ4n) is 3.12. The van der Waals surface area contributed by atoms with Crippen LogP contribution in [0, 0.1) is 6.92 Å². The first-order valence-electron chi connectivity index (χ1n) is 9.54. The Balaban J connectivity index is 1.74. The summed E-state index contributed by atoms with van der Waals surface area (Å²) in [5.74, 6) is 0.701. The number of aromatic amines is 1. The molecule has 4 rings (SSSR count). The van der Waals surface area contributed by atoms with Gasteiger partial charge in [-0.1, -0.05) is 18.2 Å². The van der Waals surface area contributed by atoms with Gasteiger partial charge < -0.3 is 15.4 Å². The Morgan fingerprint density at radius 1 is 1.10 bits per heavy atom. The molecule has 0 saturated carbocycles. The van der Waals surface area contributed by atoms with Crippen LogP contribution >= 0.6 is 0 Å². The van der Waals surface area contributed by atoms with Crippen molar-refractivity contribution in [2.24, 2.45) is 0 Å². The summed E-state index contributed by atoms with van der Waals surface area (Å²) in [6, 6.07) is 17.9. The van der Waals surface area contributed by atoms with E-state index < -0.39 is 5.91 Å². The highest BCUT2D eigenvalue weighted by Gasteiger charge is 2.22. The van der Waals surface area contributed by atoms with Crippen molar-refractivity contribution < 1.29 is 9.53 Å². The molecular weight excluding hydrogens is 382 g/mol. The SMILES string of the molecule is CCOc1ccc(NC(=O)c2c(Nc3ccccc3)[nH]n3c(=O)cc(C)nc23)cc1. The quantitative estimate of drug-likeness (QED) is 0.455. The molecule has 3 N–H and O–H groups in total. The van der Waals surface area contributed by atoms with E-state index in [0.717, 1.165) is 11.4 Å². The Morgan fingerprint density at radius 2 is 1.83 bits per heavy atom. The minimum atomic E-state index is -0.395. The molecule has 4 aromatic rings. The Kier molecular flexibility index (Phi) is 5.21. The lowest BCUT2D eigenvalue weighted by atomic mass is 10.2. The zero-order valence-electron chi connectivity index (χ0n) is 16.6. The van der Waals surface area contributed by atoms with Crippen molar-refractivity contribution in [1.29, 1.82) is 0 Å². The predicted octanol–water partition coefficient (Wildman–Crippen LogP) is 3.73. The molecule has 0 atom stereocenters. The zero-order valence-corrected chi connectivity index (χ0v) is 16.6. The average molecular weight is 403 g/mol. The normalized spacial score (nSPS) is 10.7. The summed E-state index contributed by atoms with van der Waals surface area (Å²) in [5, 5.41) is 8.98. The Morgan fingerprint density at radius 3 is 2.53 bits per heavy atom. The molecule has 0 radical (unpaired) electrons. The molecule has 2 aromatic carbocycles. The molecule has 0 aliphatic heterocycles. The molecule has 1 amide bonds. The molecule has 0 aliphatic rings. The van der Waals surface area contributed by atoms with Gasteiger partial charge in [-0.2, -0.15) is 4.52 Å². The van der Waals surface area contributed by atoms with Crippen molar-refractivity contribution in [3.63, 3.8) is 0 Å². The van der Waals surface area contributed by atoms with E-state index in [0.29, 0.717) is 23.8 Å². The zero-order chi connectivity index (χ0) is 21.1. The fourth-order valence-corrected chi connectivity index (χ4v) is 3.12. The summed E-state index contributed by atoms with van der Waals surface area (Å²) in [6.45, 7) is 4.19. The molecule has 0 aliphatic carbocycles. The molecule has 152 valence electrons. The molecule has 0 fully saturated rings. The second-order valence-electron chi connectivity index (χ2n) is 6.66. The lowest BCUT2D eigenvalue weighted by molar-refractivity contribution is 0.102. The van der Waals surface area contributed by atoms with Crippen LogP contribution in [0.25, 0.3) is 5.65 Å². The number of fused-ring (bicyclic) bond motifs is 1. The number of benzene rings is 2. The van der Waals surface area contributed by atoms with Gasteiger partial charge in [0.05, 0.1) is 6.61 Å².